The molecule has 1 aromatic carbocycles. The fraction of sp³-hybridized carbons (Fsp3) is 0.429. The molecule has 0 bridgehead atoms. The number of benzene rings is 1. The number of ether oxygens (including phenoxy) is 1. The van der Waals surface area contributed by atoms with Crippen LogP contribution in [0.25, 0.3) is 0 Å². The second kappa shape index (κ2) is 6.44. The van der Waals surface area contributed by atoms with Gasteiger partial charge in [0, 0.05) is 31.4 Å². The number of hydrogen-bond donors (Lipinski definition) is 2. The Hall–Kier alpha value is -1.60. The van der Waals surface area contributed by atoms with Crippen molar-refractivity contribution in [2.75, 3.05) is 13.2 Å². The lowest BCUT2D eigenvalue weighted by Gasteiger charge is -2.34. The first-order valence-corrected chi connectivity index (χ1v) is 6.96. The Labute approximate surface area is 126 Å². The summed E-state index contributed by atoms with van der Waals surface area (Å²) in [5.74, 6) is -1.71. The van der Waals surface area contributed by atoms with E-state index in [1.807, 2.05) is 0 Å². The van der Waals surface area contributed by atoms with Gasteiger partial charge in [-0.25, -0.2) is 8.78 Å². The van der Waals surface area contributed by atoms with Crippen molar-refractivity contribution < 1.29 is 18.3 Å². The van der Waals surface area contributed by atoms with Crippen LogP contribution in [-0.4, -0.2) is 24.1 Å². The summed E-state index contributed by atoms with van der Waals surface area (Å²) in [6, 6.07) is 3.21. The third kappa shape index (κ3) is 3.36. The third-order valence-electron chi connectivity index (χ3n) is 3.71. The first-order valence-electron chi connectivity index (χ1n) is 6.55. The van der Waals surface area contributed by atoms with Crippen molar-refractivity contribution in [3.05, 3.63) is 35.4 Å². The van der Waals surface area contributed by atoms with Crippen LogP contribution in [-0.2, 0) is 16.1 Å². The zero-order valence-corrected chi connectivity index (χ0v) is 12.1. The summed E-state index contributed by atoms with van der Waals surface area (Å²) >= 11 is 5.02. The van der Waals surface area contributed by atoms with E-state index in [1.165, 1.54) is 6.07 Å². The van der Waals surface area contributed by atoms with E-state index in [-0.39, 0.29) is 23.0 Å². The van der Waals surface area contributed by atoms with Gasteiger partial charge in [-0.15, -0.1) is 0 Å². The zero-order valence-electron chi connectivity index (χ0n) is 11.3. The lowest BCUT2D eigenvalue weighted by Crippen LogP contribution is -2.51. The quantitative estimate of drug-likeness (QED) is 0.830. The van der Waals surface area contributed by atoms with Gasteiger partial charge in [0.2, 0.25) is 5.91 Å². The molecule has 7 heteroatoms. The van der Waals surface area contributed by atoms with E-state index in [0.29, 0.717) is 26.1 Å². The van der Waals surface area contributed by atoms with Crippen LogP contribution in [0.3, 0.4) is 0 Å². The minimum absolute atomic E-state index is 0.0455. The largest absolute Gasteiger partial charge is 0.392 e. The predicted octanol–water partition coefficient (Wildman–Crippen LogP) is 1.66. The molecule has 0 saturated carbocycles. The van der Waals surface area contributed by atoms with Gasteiger partial charge < -0.3 is 15.8 Å². The second-order valence-electron chi connectivity index (χ2n) is 4.98. The molecule has 4 nitrogen and oxygen atoms in total. The van der Waals surface area contributed by atoms with Gasteiger partial charge in [0.05, 0.1) is 4.99 Å². The molecule has 21 heavy (non-hydrogen) atoms. The van der Waals surface area contributed by atoms with E-state index >= 15 is 0 Å². The molecule has 0 atom stereocenters. The highest BCUT2D eigenvalue weighted by Crippen LogP contribution is 2.31. The van der Waals surface area contributed by atoms with Crippen molar-refractivity contribution in [3.63, 3.8) is 0 Å². The number of carbonyl (C=O) groups is 1. The molecule has 0 unspecified atom stereocenters. The van der Waals surface area contributed by atoms with E-state index in [2.05, 4.69) is 5.32 Å². The van der Waals surface area contributed by atoms with E-state index in [9.17, 15) is 13.6 Å². The van der Waals surface area contributed by atoms with Crippen molar-refractivity contribution >= 4 is 23.1 Å². The highest BCUT2D eigenvalue weighted by Gasteiger charge is 2.42. The standard InChI is InChI=1S/C14H16F2N2O2S/c15-10-2-1-9(11(16)7-10)8-18-13(19)14(12(17)21)3-5-20-6-4-14/h1-2,7H,3-6,8H2,(H2,17,21)(H,18,19). The molecule has 2 rings (SSSR count). The van der Waals surface area contributed by atoms with Crippen molar-refractivity contribution in [2.45, 2.75) is 19.4 Å². The molecule has 1 saturated heterocycles. The Morgan fingerprint density at radius 2 is 2.05 bits per heavy atom. The number of nitrogens with two attached hydrogens (primary N) is 1. The minimum atomic E-state index is -0.954. The van der Waals surface area contributed by atoms with Crippen molar-refractivity contribution in [1.82, 2.24) is 5.32 Å². The smallest absolute Gasteiger partial charge is 0.233 e. The molecule has 0 aliphatic carbocycles. The summed E-state index contributed by atoms with van der Waals surface area (Å²) in [5.41, 5.74) is 4.96. The fourth-order valence-corrected chi connectivity index (χ4v) is 2.61. The molecule has 0 radical (unpaired) electrons. The number of amides is 1. The van der Waals surface area contributed by atoms with Crippen LogP contribution in [0, 0.1) is 17.0 Å². The van der Waals surface area contributed by atoms with Gasteiger partial charge in [-0.1, -0.05) is 18.3 Å². The normalized spacial score (nSPS) is 17.2. The average Bonchev–Trinajstić information content (AvgIpc) is 2.46. The Balaban J connectivity index is 2.07. The molecular formula is C14H16F2N2O2S. The van der Waals surface area contributed by atoms with Crippen LogP contribution in [0.5, 0.6) is 0 Å². The number of thiocarbonyl (C=S) groups is 1. The topological polar surface area (TPSA) is 64.4 Å². The summed E-state index contributed by atoms with van der Waals surface area (Å²) in [7, 11) is 0. The van der Waals surface area contributed by atoms with Crippen molar-refractivity contribution in [2.24, 2.45) is 11.1 Å². The summed E-state index contributed by atoms with van der Waals surface area (Å²) in [5, 5.41) is 2.63. The molecule has 1 amide bonds. The predicted molar refractivity (Wildman–Crippen MR) is 77.5 cm³/mol. The van der Waals surface area contributed by atoms with Crippen LogP contribution >= 0.6 is 12.2 Å². The van der Waals surface area contributed by atoms with Crippen LogP contribution < -0.4 is 11.1 Å². The minimum Gasteiger partial charge on any atom is -0.392 e. The lowest BCUT2D eigenvalue weighted by molar-refractivity contribution is -0.131. The first kappa shape index (κ1) is 15.8. The average molecular weight is 314 g/mol. The van der Waals surface area contributed by atoms with Gasteiger partial charge in [-0.3, -0.25) is 4.79 Å². The van der Waals surface area contributed by atoms with Crippen molar-refractivity contribution in [1.29, 1.82) is 0 Å². The fourth-order valence-electron chi connectivity index (χ4n) is 2.31. The van der Waals surface area contributed by atoms with Gasteiger partial charge in [-0.2, -0.15) is 0 Å². The summed E-state index contributed by atoms with van der Waals surface area (Å²) in [6.07, 6.45) is 0.806. The molecule has 0 aromatic heterocycles. The molecule has 1 aromatic rings. The van der Waals surface area contributed by atoms with E-state index in [4.69, 9.17) is 22.7 Å². The molecule has 1 aliphatic heterocycles. The highest BCUT2D eigenvalue weighted by molar-refractivity contribution is 7.80. The SMILES string of the molecule is NC(=S)C1(C(=O)NCc2ccc(F)cc2F)CCOCC1. The molecule has 1 heterocycles. The molecule has 1 fully saturated rings. The number of nitrogens with one attached hydrogen (secondary N) is 1. The summed E-state index contributed by atoms with van der Waals surface area (Å²) in [6.45, 7) is 0.751. The maximum Gasteiger partial charge on any atom is 0.233 e. The van der Waals surface area contributed by atoms with Crippen LogP contribution in [0.2, 0.25) is 0 Å². The van der Waals surface area contributed by atoms with Gasteiger partial charge in [-0.05, 0) is 18.9 Å². The third-order valence-corrected chi connectivity index (χ3v) is 4.10. The number of carbonyl (C=O) groups excluding carboxylic acids is 1. The van der Waals surface area contributed by atoms with Gasteiger partial charge >= 0.3 is 0 Å². The van der Waals surface area contributed by atoms with E-state index < -0.39 is 17.0 Å². The highest BCUT2D eigenvalue weighted by atomic mass is 32.1. The molecular weight excluding hydrogens is 298 g/mol. The van der Waals surface area contributed by atoms with Crippen LogP contribution in [0.1, 0.15) is 18.4 Å². The van der Waals surface area contributed by atoms with Crippen LogP contribution in [0.15, 0.2) is 18.2 Å². The molecule has 0 spiro atoms. The lowest BCUT2D eigenvalue weighted by atomic mass is 9.79. The number of rotatable bonds is 4. The van der Waals surface area contributed by atoms with Crippen molar-refractivity contribution in [3.8, 4) is 0 Å². The monoisotopic (exact) mass is 314 g/mol. The summed E-state index contributed by atoms with van der Waals surface area (Å²) < 4.78 is 31.6. The van der Waals surface area contributed by atoms with Gasteiger partial charge in [0.1, 0.15) is 17.0 Å². The van der Waals surface area contributed by atoms with E-state index in [1.54, 1.807) is 0 Å². The van der Waals surface area contributed by atoms with Crippen LogP contribution in [0.4, 0.5) is 8.78 Å². The maximum atomic E-state index is 13.5. The molecule has 1 aliphatic rings. The van der Waals surface area contributed by atoms with Gasteiger partial charge in [0.15, 0.2) is 0 Å². The van der Waals surface area contributed by atoms with Gasteiger partial charge in [0.25, 0.3) is 0 Å². The number of hydrogen-bond acceptors (Lipinski definition) is 3. The Kier molecular flexibility index (Phi) is 4.84. The second-order valence-corrected chi connectivity index (χ2v) is 5.42. The Morgan fingerprint density at radius 3 is 2.62 bits per heavy atom. The Bertz CT molecular complexity index is 560. The molecule has 3 N–H and O–H groups in total. The zero-order chi connectivity index (χ0) is 15.5. The number of halogens is 2. The van der Waals surface area contributed by atoms with E-state index in [0.717, 1.165) is 12.1 Å². The Morgan fingerprint density at radius 1 is 1.38 bits per heavy atom. The molecule has 114 valence electrons. The first-order chi connectivity index (χ1) is 9.95. The summed E-state index contributed by atoms with van der Waals surface area (Å²) in [4.78, 5) is 12.5. The maximum absolute atomic E-state index is 13.5.